The predicted molar refractivity (Wildman–Crippen MR) is 69.5 cm³/mol. The molecule has 1 rings (SSSR count). The van der Waals surface area contributed by atoms with Crippen LogP contribution in [0.4, 0.5) is 0 Å². The molecular formula is C14H14O5. The van der Waals surface area contributed by atoms with Gasteiger partial charge < -0.3 is 14.6 Å². The number of rotatable bonds is 7. The van der Waals surface area contributed by atoms with Crippen LogP contribution in [0.1, 0.15) is 15.9 Å². The summed E-state index contributed by atoms with van der Waals surface area (Å²) in [5.74, 6) is -1.38. The lowest BCUT2D eigenvalue weighted by Crippen LogP contribution is -2.09. The van der Waals surface area contributed by atoms with Crippen molar-refractivity contribution < 1.29 is 24.2 Å². The van der Waals surface area contributed by atoms with Gasteiger partial charge in [0.15, 0.2) is 0 Å². The van der Waals surface area contributed by atoms with Gasteiger partial charge in [0, 0.05) is 11.6 Å². The SMILES string of the molecule is C=CC(=O)OCCOC(=C)c1ccccc1C(=O)O. The Labute approximate surface area is 110 Å². The van der Waals surface area contributed by atoms with Gasteiger partial charge >= 0.3 is 11.9 Å². The maximum atomic E-state index is 11.0. The Morgan fingerprint density at radius 1 is 1.16 bits per heavy atom. The molecule has 5 heteroatoms. The van der Waals surface area contributed by atoms with Crippen molar-refractivity contribution in [1.82, 2.24) is 0 Å². The van der Waals surface area contributed by atoms with E-state index in [4.69, 9.17) is 14.6 Å². The van der Waals surface area contributed by atoms with Crippen LogP contribution >= 0.6 is 0 Å². The van der Waals surface area contributed by atoms with E-state index in [9.17, 15) is 9.59 Å². The van der Waals surface area contributed by atoms with E-state index in [2.05, 4.69) is 13.2 Å². The molecule has 5 nitrogen and oxygen atoms in total. The van der Waals surface area contributed by atoms with E-state index in [0.29, 0.717) is 5.56 Å². The van der Waals surface area contributed by atoms with Gasteiger partial charge in [-0.05, 0) is 6.07 Å². The predicted octanol–water partition coefficient (Wildman–Crippen LogP) is 2.10. The summed E-state index contributed by atoms with van der Waals surface area (Å²) in [6, 6.07) is 6.37. The third kappa shape index (κ3) is 4.31. The van der Waals surface area contributed by atoms with Crippen LogP contribution in [0.25, 0.3) is 5.76 Å². The molecule has 1 aromatic carbocycles. The lowest BCUT2D eigenvalue weighted by Gasteiger charge is -2.11. The molecule has 0 bridgehead atoms. The minimum atomic E-state index is -1.06. The van der Waals surface area contributed by atoms with Crippen molar-refractivity contribution in [3.63, 3.8) is 0 Å². The normalized spacial score (nSPS) is 9.47. The molecule has 0 fully saturated rings. The zero-order valence-electron chi connectivity index (χ0n) is 10.3. The van der Waals surface area contributed by atoms with Gasteiger partial charge in [0.05, 0.1) is 5.56 Å². The Morgan fingerprint density at radius 2 is 1.74 bits per heavy atom. The first-order valence-corrected chi connectivity index (χ1v) is 5.50. The highest BCUT2D eigenvalue weighted by molar-refractivity contribution is 5.93. The van der Waals surface area contributed by atoms with E-state index < -0.39 is 11.9 Å². The summed E-state index contributed by atoms with van der Waals surface area (Å²) < 4.78 is 9.96. The molecule has 100 valence electrons. The summed E-state index contributed by atoms with van der Waals surface area (Å²) in [6.07, 6.45) is 1.05. The van der Waals surface area contributed by atoms with Crippen LogP contribution in [0.2, 0.25) is 0 Å². The van der Waals surface area contributed by atoms with E-state index in [1.54, 1.807) is 18.2 Å². The van der Waals surface area contributed by atoms with Crippen LogP contribution in [0.3, 0.4) is 0 Å². The largest absolute Gasteiger partial charge is 0.490 e. The van der Waals surface area contributed by atoms with E-state index in [0.717, 1.165) is 6.08 Å². The van der Waals surface area contributed by atoms with Crippen molar-refractivity contribution in [2.75, 3.05) is 13.2 Å². The number of hydrogen-bond donors (Lipinski definition) is 1. The van der Waals surface area contributed by atoms with Crippen molar-refractivity contribution >= 4 is 17.7 Å². The zero-order chi connectivity index (χ0) is 14.3. The first-order valence-electron chi connectivity index (χ1n) is 5.50. The van der Waals surface area contributed by atoms with Gasteiger partial charge in [-0.25, -0.2) is 9.59 Å². The molecule has 0 saturated heterocycles. The molecule has 0 heterocycles. The molecule has 0 radical (unpaired) electrons. The second kappa shape index (κ2) is 7.00. The second-order valence-corrected chi connectivity index (χ2v) is 3.49. The maximum Gasteiger partial charge on any atom is 0.336 e. The summed E-state index contributed by atoms with van der Waals surface area (Å²) in [5.41, 5.74) is 0.501. The minimum Gasteiger partial charge on any atom is -0.490 e. The number of carboxylic acids is 1. The van der Waals surface area contributed by atoms with Crippen LogP contribution in [0, 0.1) is 0 Å². The summed E-state index contributed by atoms with van der Waals surface area (Å²) in [7, 11) is 0. The van der Waals surface area contributed by atoms with Crippen molar-refractivity contribution in [2.45, 2.75) is 0 Å². The summed E-state index contributed by atoms with van der Waals surface area (Å²) >= 11 is 0. The van der Waals surface area contributed by atoms with Crippen LogP contribution in [-0.4, -0.2) is 30.3 Å². The number of esters is 1. The van der Waals surface area contributed by atoms with E-state index in [-0.39, 0.29) is 24.5 Å². The zero-order valence-corrected chi connectivity index (χ0v) is 10.3. The summed E-state index contributed by atoms with van der Waals surface area (Å²) in [6.45, 7) is 7.04. The van der Waals surface area contributed by atoms with E-state index in [1.165, 1.54) is 6.07 Å². The fraction of sp³-hybridized carbons (Fsp3) is 0.143. The van der Waals surface area contributed by atoms with Crippen LogP contribution in [-0.2, 0) is 14.3 Å². The van der Waals surface area contributed by atoms with Crippen LogP contribution in [0.15, 0.2) is 43.5 Å². The third-order valence-corrected chi connectivity index (χ3v) is 2.23. The molecule has 0 saturated carbocycles. The van der Waals surface area contributed by atoms with Crippen LogP contribution < -0.4 is 0 Å². The average molecular weight is 262 g/mol. The van der Waals surface area contributed by atoms with Crippen molar-refractivity contribution in [3.8, 4) is 0 Å². The quantitative estimate of drug-likeness (QED) is 0.352. The topological polar surface area (TPSA) is 72.8 Å². The number of hydrogen-bond acceptors (Lipinski definition) is 4. The second-order valence-electron chi connectivity index (χ2n) is 3.49. The Balaban J connectivity index is 2.57. The summed E-state index contributed by atoms with van der Waals surface area (Å²) in [4.78, 5) is 21.8. The number of aromatic carboxylic acids is 1. The highest BCUT2D eigenvalue weighted by Crippen LogP contribution is 2.18. The Hall–Kier alpha value is -2.56. The van der Waals surface area contributed by atoms with Crippen molar-refractivity contribution in [2.24, 2.45) is 0 Å². The lowest BCUT2D eigenvalue weighted by atomic mass is 10.1. The smallest absolute Gasteiger partial charge is 0.336 e. The molecule has 0 spiro atoms. The van der Waals surface area contributed by atoms with Crippen molar-refractivity contribution in [1.29, 1.82) is 0 Å². The number of ether oxygens (including phenoxy) is 2. The lowest BCUT2D eigenvalue weighted by molar-refractivity contribution is -0.138. The standard InChI is InChI=1S/C14H14O5/c1-3-13(15)19-9-8-18-10(2)11-6-4-5-7-12(11)14(16)17/h3-7H,1-2,8-9H2,(H,16,17). The maximum absolute atomic E-state index is 11.0. The number of carboxylic acid groups (broad SMARTS) is 1. The van der Waals surface area contributed by atoms with Crippen molar-refractivity contribution in [3.05, 3.63) is 54.6 Å². The van der Waals surface area contributed by atoms with Gasteiger partial charge in [-0.3, -0.25) is 0 Å². The number of benzene rings is 1. The molecule has 0 aliphatic carbocycles. The molecule has 0 unspecified atom stereocenters. The Morgan fingerprint density at radius 3 is 2.32 bits per heavy atom. The number of carbonyl (C=O) groups excluding carboxylic acids is 1. The summed E-state index contributed by atoms with van der Waals surface area (Å²) in [5, 5.41) is 9.01. The fourth-order valence-electron chi connectivity index (χ4n) is 1.36. The molecule has 0 aliphatic heterocycles. The Kier molecular flexibility index (Phi) is 5.35. The molecule has 19 heavy (non-hydrogen) atoms. The van der Waals surface area contributed by atoms with Gasteiger partial charge in [-0.15, -0.1) is 0 Å². The molecule has 0 amide bonds. The van der Waals surface area contributed by atoms with E-state index in [1.807, 2.05) is 0 Å². The molecule has 1 N–H and O–H groups in total. The molecular weight excluding hydrogens is 248 g/mol. The van der Waals surface area contributed by atoms with Gasteiger partial charge in [0.2, 0.25) is 0 Å². The molecule has 0 aliphatic rings. The third-order valence-electron chi connectivity index (χ3n) is 2.23. The molecule has 0 atom stereocenters. The highest BCUT2D eigenvalue weighted by Gasteiger charge is 2.12. The van der Waals surface area contributed by atoms with Gasteiger partial charge in [-0.2, -0.15) is 0 Å². The highest BCUT2D eigenvalue weighted by atomic mass is 16.6. The van der Waals surface area contributed by atoms with Gasteiger partial charge in [0.25, 0.3) is 0 Å². The van der Waals surface area contributed by atoms with E-state index >= 15 is 0 Å². The first-order chi connectivity index (χ1) is 9.06. The Bertz CT molecular complexity index is 504. The number of carbonyl (C=O) groups is 2. The fourth-order valence-corrected chi connectivity index (χ4v) is 1.36. The first kappa shape index (κ1) is 14.5. The minimum absolute atomic E-state index is 0.0408. The van der Waals surface area contributed by atoms with Gasteiger partial charge in [-0.1, -0.05) is 31.4 Å². The average Bonchev–Trinajstić information content (AvgIpc) is 2.42. The van der Waals surface area contributed by atoms with Gasteiger partial charge in [0.1, 0.15) is 19.0 Å². The van der Waals surface area contributed by atoms with Crippen LogP contribution in [0.5, 0.6) is 0 Å². The molecule has 0 aromatic heterocycles. The molecule has 1 aromatic rings. The monoisotopic (exact) mass is 262 g/mol.